The predicted octanol–water partition coefficient (Wildman–Crippen LogP) is 6.07. The van der Waals surface area contributed by atoms with Gasteiger partial charge in [0.05, 0.1) is 22.4 Å². The highest BCUT2D eigenvalue weighted by molar-refractivity contribution is 9.10. The van der Waals surface area contributed by atoms with Crippen molar-refractivity contribution >= 4 is 39.1 Å². The number of ether oxygens (including phenoxy) is 1. The van der Waals surface area contributed by atoms with E-state index in [9.17, 15) is 4.79 Å². The van der Waals surface area contributed by atoms with Crippen LogP contribution in [0.4, 0.5) is 5.69 Å². The molecule has 0 aliphatic rings. The molecule has 1 N–H and O–H groups in total. The predicted molar refractivity (Wildman–Crippen MR) is 137 cm³/mol. The molecule has 0 radical (unpaired) electrons. The van der Waals surface area contributed by atoms with Crippen LogP contribution in [0, 0.1) is 27.7 Å². The van der Waals surface area contributed by atoms with E-state index in [4.69, 9.17) is 16.3 Å². The van der Waals surface area contributed by atoms with Crippen LogP contribution in [0.1, 0.15) is 38.6 Å². The van der Waals surface area contributed by atoms with Gasteiger partial charge >= 0.3 is 0 Å². The van der Waals surface area contributed by atoms with E-state index in [0.717, 1.165) is 37.6 Å². The van der Waals surface area contributed by atoms with Crippen LogP contribution < -0.4 is 10.1 Å². The maximum Gasteiger partial charge on any atom is 0.276 e. The van der Waals surface area contributed by atoms with Gasteiger partial charge in [-0.25, -0.2) is 4.68 Å². The van der Waals surface area contributed by atoms with Crippen molar-refractivity contribution in [3.63, 3.8) is 0 Å². The molecule has 4 aromatic rings. The lowest BCUT2D eigenvalue weighted by atomic mass is 10.1. The monoisotopic (exact) mass is 541 g/mol. The molecule has 9 heteroatoms. The first-order valence-corrected chi connectivity index (χ1v) is 11.9. The van der Waals surface area contributed by atoms with Gasteiger partial charge in [0.2, 0.25) is 0 Å². The van der Waals surface area contributed by atoms with E-state index in [0.29, 0.717) is 23.7 Å². The maximum absolute atomic E-state index is 12.7. The first-order chi connectivity index (χ1) is 16.2. The van der Waals surface area contributed by atoms with E-state index < -0.39 is 0 Å². The number of nitrogens with one attached hydrogen (secondary N) is 1. The van der Waals surface area contributed by atoms with Crippen LogP contribution in [-0.4, -0.2) is 25.5 Å². The molecule has 4 rings (SSSR count). The molecule has 0 fully saturated rings. The number of hydrogen-bond donors (Lipinski definition) is 1. The summed E-state index contributed by atoms with van der Waals surface area (Å²) in [5.74, 6) is 0.412. The summed E-state index contributed by atoms with van der Waals surface area (Å²) in [4.78, 5) is 12.7. The van der Waals surface area contributed by atoms with Gasteiger partial charge in [-0.1, -0.05) is 23.7 Å². The van der Waals surface area contributed by atoms with Gasteiger partial charge in [-0.2, -0.15) is 10.2 Å². The number of hydrogen-bond acceptors (Lipinski definition) is 4. The zero-order chi connectivity index (χ0) is 24.4. The van der Waals surface area contributed by atoms with Crippen LogP contribution in [0.3, 0.4) is 0 Å². The van der Waals surface area contributed by atoms with Crippen molar-refractivity contribution in [1.82, 2.24) is 19.6 Å². The first-order valence-electron chi connectivity index (χ1n) is 10.7. The summed E-state index contributed by atoms with van der Waals surface area (Å²) in [6.45, 7) is 8.64. The van der Waals surface area contributed by atoms with Crippen molar-refractivity contribution in [2.45, 2.75) is 41.0 Å². The van der Waals surface area contributed by atoms with Crippen LogP contribution in [0.25, 0.3) is 0 Å². The molecule has 2 heterocycles. The van der Waals surface area contributed by atoms with E-state index in [2.05, 4.69) is 31.4 Å². The molecule has 0 saturated heterocycles. The molecule has 0 bridgehead atoms. The van der Waals surface area contributed by atoms with E-state index in [1.807, 2.05) is 68.8 Å². The Morgan fingerprint density at radius 1 is 1.09 bits per heavy atom. The van der Waals surface area contributed by atoms with Gasteiger partial charge in [-0.15, -0.1) is 0 Å². The van der Waals surface area contributed by atoms with Gasteiger partial charge in [0.25, 0.3) is 5.91 Å². The summed E-state index contributed by atoms with van der Waals surface area (Å²) in [5, 5.41) is 12.5. The van der Waals surface area contributed by atoms with Crippen molar-refractivity contribution in [1.29, 1.82) is 0 Å². The maximum atomic E-state index is 12.7. The molecule has 34 heavy (non-hydrogen) atoms. The normalized spacial score (nSPS) is 11.0. The quantitative estimate of drug-likeness (QED) is 0.308. The molecule has 2 aromatic carbocycles. The molecule has 0 spiro atoms. The third-order valence-electron chi connectivity index (χ3n) is 5.46. The first kappa shape index (κ1) is 24.0. The Balaban J connectivity index is 1.39. The van der Waals surface area contributed by atoms with Crippen LogP contribution >= 0.6 is 27.5 Å². The fourth-order valence-corrected chi connectivity index (χ4v) is 4.02. The average Bonchev–Trinajstić information content (AvgIpc) is 3.37. The Kier molecular flexibility index (Phi) is 7.09. The van der Waals surface area contributed by atoms with Gasteiger partial charge in [-0.05, 0) is 90.6 Å². The van der Waals surface area contributed by atoms with E-state index in [1.165, 1.54) is 0 Å². The Morgan fingerprint density at radius 2 is 1.82 bits per heavy atom. The number of aromatic nitrogens is 4. The largest absolute Gasteiger partial charge is 0.471 e. The highest BCUT2D eigenvalue weighted by Gasteiger charge is 2.12. The minimum atomic E-state index is -0.289. The fraction of sp³-hybridized carbons (Fsp3) is 0.240. The third kappa shape index (κ3) is 5.34. The van der Waals surface area contributed by atoms with E-state index in [1.54, 1.807) is 16.9 Å². The average molecular weight is 543 g/mol. The lowest BCUT2D eigenvalue weighted by Crippen LogP contribution is -2.14. The topological polar surface area (TPSA) is 74.0 Å². The minimum Gasteiger partial charge on any atom is -0.471 e. The molecule has 0 unspecified atom stereocenters. The van der Waals surface area contributed by atoms with Gasteiger partial charge in [0, 0.05) is 16.9 Å². The summed E-state index contributed by atoms with van der Waals surface area (Å²) in [7, 11) is 0. The number of carbonyl (C=O) groups excluding carboxylic acids is 1. The molecular formula is C25H25BrClN5O2. The second-order valence-corrected chi connectivity index (χ2v) is 9.35. The standard InChI is InChI=1S/C25H25BrClN5O2/c1-15-10-21(11-16(2)24(15)27)34-14-31-9-8-22(30-31)25(33)28-20-7-5-6-19(12-20)13-32-18(4)23(26)17(3)29-32/h5-12H,13-14H2,1-4H3,(H,28,33). The van der Waals surface area contributed by atoms with Gasteiger partial charge < -0.3 is 10.1 Å². The summed E-state index contributed by atoms with van der Waals surface area (Å²) in [6, 6.07) is 13.1. The summed E-state index contributed by atoms with van der Waals surface area (Å²) < 4.78 is 10.3. The molecule has 7 nitrogen and oxygen atoms in total. The zero-order valence-electron chi connectivity index (χ0n) is 19.4. The fourth-order valence-electron chi connectivity index (χ4n) is 3.63. The Bertz CT molecular complexity index is 1340. The summed E-state index contributed by atoms with van der Waals surface area (Å²) in [5.41, 5.74) is 5.94. The third-order valence-corrected chi connectivity index (χ3v) is 7.20. The molecule has 0 aliphatic heterocycles. The van der Waals surface area contributed by atoms with Gasteiger partial charge in [0.1, 0.15) is 5.75 Å². The van der Waals surface area contributed by atoms with Gasteiger partial charge in [-0.3, -0.25) is 9.48 Å². The highest BCUT2D eigenvalue weighted by atomic mass is 79.9. The van der Waals surface area contributed by atoms with Crippen LogP contribution in [0.15, 0.2) is 53.1 Å². The number of aryl methyl sites for hydroxylation is 3. The number of benzene rings is 2. The number of nitrogens with zero attached hydrogens (tertiary/aromatic N) is 4. The Morgan fingerprint density at radius 3 is 2.50 bits per heavy atom. The van der Waals surface area contributed by atoms with Crippen LogP contribution in [-0.2, 0) is 13.3 Å². The number of anilines is 1. The molecule has 0 saturated carbocycles. The Hall–Kier alpha value is -3.10. The van der Waals surface area contributed by atoms with Crippen LogP contribution in [0.5, 0.6) is 5.75 Å². The van der Waals surface area contributed by atoms with Crippen molar-refractivity contribution < 1.29 is 9.53 Å². The SMILES string of the molecule is Cc1cc(OCn2ccc(C(=O)Nc3cccc(Cn4nc(C)c(Br)c4C)c3)n2)cc(C)c1Cl. The molecular weight excluding hydrogens is 518 g/mol. The van der Waals surface area contributed by atoms with E-state index in [-0.39, 0.29) is 12.6 Å². The van der Waals surface area contributed by atoms with Crippen LogP contribution in [0.2, 0.25) is 5.02 Å². The zero-order valence-corrected chi connectivity index (χ0v) is 21.7. The number of halogens is 2. The molecule has 2 aromatic heterocycles. The number of rotatable bonds is 7. The van der Waals surface area contributed by atoms with Crippen molar-refractivity contribution in [2.75, 3.05) is 5.32 Å². The highest BCUT2D eigenvalue weighted by Crippen LogP contribution is 2.26. The molecule has 0 aliphatic carbocycles. The lowest BCUT2D eigenvalue weighted by molar-refractivity contribution is 0.102. The molecule has 1 amide bonds. The number of amides is 1. The minimum absolute atomic E-state index is 0.182. The summed E-state index contributed by atoms with van der Waals surface area (Å²) in [6.07, 6.45) is 1.71. The van der Waals surface area contributed by atoms with Crippen molar-refractivity contribution in [2.24, 2.45) is 0 Å². The van der Waals surface area contributed by atoms with Crippen molar-refractivity contribution in [3.05, 3.63) is 91.9 Å². The second-order valence-electron chi connectivity index (χ2n) is 8.18. The van der Waals surface area contributed by atoms with Crippen molar-refractivity contribution in [3.8, 4) is 5.75 Å². The lowest BCUT2D eigenvalue weighted by Gasteiger charge is -2.10. The summed E-state index contributed by atoms with van der Waals surface area (Å²) >= 11 is 9.77. The number of carbonyl (C=O) groups is 1. The van der Waals surface area contributed by atoms with Gasteiger partial charge in [0.15, 0.2) is 12.4 Å². The Labute approximate surface area is 211 Å². The molecule has 176 valence electrons. The second kappa shape index (κ2) is 10.0. The van der Waals surface area contributed by atoms with E-state index >= 15 is 0 Å². The smallest absolute Gasteiger partial charge is 0.276 e. The molecule has 0 atom stereocenters.